The summed E-state index contributed by atoms with van der Waals surface area (Å²) in [6.07, 6.45) is 1.51. The van der Waals surface area contributed by atoms with Crippen molar-refractivity contribution in [3.63, 3.8) is 0 Å². The largest absolute Gasteiger partial charge is 0.493 e. The minimum Gasteiger partial charge on any atom is -0.493 e. The molecule has 0 bridgehead atoms. The molecule has 0 saturated carbocycles. The maximum absolute atomic E-state index is 6.06. The van der Waals surface area contributed by atoms with Crippen LogP contribution in [0.1, 0.15) is 5.56 Å². The van der Waals surface area contributed by atoms with Gasteiger partial charge in [-0.3, -0.25) is 5.43 Å². The third-order valence-electron chi connectivity index (χ3n) is 3.00. The fourth-order valence-electron chi connectivity index (χ4n) is 1.86. The van der Waals surface area contributed by atoms with Gasteiger partial charge in [0.25, 0.3) is 0 Å². The maximum atomic E-state index is 6.06. The highest BCUT2D eigenvalue weighted by atomic mass is 35.5. The molecule has 0 spiro atoms. The molecule has 24 heavy (non-hydrogen) atoms. The van der Waals surface area contributed by atoms with E-state index in [-0.39, 0.29) is 0 Å². The van der Waals surface area contributed by atoms with Gasteiger partial charge in [0.15, 0.2) is 16.6 Å². The van der Waals surface area contributed by atoms with Gasteiger partial charge >= 0.3 is 0 Å². The molecule has 0 atom stereocenters. The summed E-state index contributed by atoms with van der Waals surface area (Å²) >= 11 is 17.3. The van der Waals surface area contributed by atoms with Crippen molar-refractivity contribution >= 4 is 52.4 Å². The van der Waals surface area contributed by atoms with E-state index in [0.717, 1.165) is 5.69 Å². The lowest BCUT2D eigenvalue weighted by Crippen LogP contribution is -2.23. The minimum absolute atomic E-state index is 0.307. The average Bonchev–Trinajstić information content (AvgIpc) is 2.57. The van der Waals surface area contributed by atoms with Crippen molar-refractivity contribution in [3.8, 4) is 11.5 Å². The van der Waals surface area contributed by atoms with Gasteiger partial charge in [-0.2, -0.15) is 5.10 Å². The molecule has 126 valence electrons. The number of ether oxygens (including phenoxy) is 2. The molecule has 5 nitrogen and oxygen atoms in total. The van der Waals surface area contributed by atoms with E-state index in [9.17, 15) is 0 Å². The molecule has 0 saturated heterocycles. The van der Waals surface area contributed by atoms with Crippen LogP contribution >= 0.6 is 35.4 Å². The van der Waals surface area contributed by atoms with Crippen molar-refractivity contribution in [3.05, 3.63) is 52.0 Å². The molecule has 2 aromatic rings. The second-order valence-corrected chi connectivity index (χ2v) is 5.75. The van der Waals surface area contributed by atoms with Crippen molar-refractivity contribution in [1.29, 1.82) is 0 Å². The number of halogens is 2. The van der Waals surface area contributed by atoms with Gasteiger partial charge in [-0.05, 0) is 36.5 Å². The summed E-state index contributed by atoms with van der Waals surface area (Å²) in [5.41, 5.74) is 4.05. The van der Waals surface area contributed by atoms with Crippen molar-refractivity contribution in [2.45, 2.75) is 0 Å². The zero-order valence-corrected chi connectivity index (χ0v) is 15.3. The number of nitrogens with one attached hydrogen (secondary N) is 2. The van der Waals surface area contributed by atoms with E-state index in [4.69, 9.17) is 44.9 Å². The van der Waals surface area contributed by atoms with Gasteiger partial charge in [-0.25, -0.2) is 0 Å². The van der Waals surface area contributed by atoms with Gasteiger partial charge in [0, 0.05) is 17.3 Å². The van der Waals surface area contributed by atoms with Gasteiger partial charge in [-0.15, -0.1) is 0 Å². The molecule has 0 aliphatic carbocycles. The Morgan fingerprint density at radius 3 is 2.38 bits per heavy atom. The lowest BCUT2D eigenvalue weighted by molar-refractivity contribution is 0.355. The molecule has 2 aromatic carbocycles. The Morgan fingerprint density at radius 2 is 1.75 bits per heavy atom. The molecular weight excluding hydrogens is 369 g/mol. The Kier molecular flexibility index (Phi) is 6.66. The number of rotatable bonds is 5. The summed E-state index contributed by atoms with van der Waals surface area (Å²) < 4.78 is 10.4. The lowest BCUT2D eigenvalue weighted by Gasteiger charge is -2.11. The van der Waals surface area contributed by atoms with E-state index in [1.54, 1.807) is 44.6 Å². The van der Waals surface area contributed by atoms with Crippen molar-refractivity contribution in [2.24, 2.45) is 5.10 Å². The number of benzene rings is 2. The third kappa shape index (κ3) is 4.74. The lowest BCUT2D eigenvalue weighted by atomic mass is 10.2. The number of thiocarbonyl (C=S) groups is 1. The van der Waals surface area contributed by atoms with Crippen LogP contribution in [0.25, 0.3) is 0 Å². The molecule has 2 rings (SSSR count). The number of hydrogen-bond donors (Lipinski definition) is 2. The van der Waals surface area contributed by atoms with Crippen molar-refractivity contribution in [2.75, 3.05) is 19.5 Å². The van der Waals surface area contributed by atoms with Crippen molar-refractivity contribution < 1.29 is 9.47 Å². The van der Waals surface area contributed by atoms with E-state index in [1.165, 1.54) is 6.21 Å². The van der Waals surface area contributed by atoms with Crippen LogP contribution in [0.5, 0.6) is 11.5 Å². The first-order chi connectivity index (χ1) is 11.5. The summed E-state index contributed by atoms with van der Waals surface area (Å²) in [5, 5.41) is 8.34. The highest BCUT2D eigenvalue weighted by Gasteiger charge is 2.06. The fourth-order valence-corrected chi connectivity index (χ4v) is 2.53. The zero-order valence-electron chi connectivity index (χ0n) is 13.0. The van der Waals surface area contributed by atoms with E-state index < -0.39 is 0 Å². The second-order valence-electron chi connectivity index (χ2n) is 4.53. The molecule has 0 aliphatic rings. The molecule has 0 heterocycles. The van der Waals surface area contributed by atoms with Gasteiger partial charge in [-0.1, -0.05) is 29.3 Å². The number of hydrogen-bond acceptors (Lipinski definition) is 4. The highest BCUT2D eigenvalue weighted by molar-refractivity contribution is 7.80. The van der Waals surface area contributed by atoms with Gasteiger partial charge in [0.1, 0.15) is 0 Å². The first kappa shape index (κ1) is 18.3. The van der Waals surface area contributed by atoms with Crippen LogP contribution in [-0.4, -0.2) is 25.5 Å². The summed E-state index contributed by atoms with van der Waals surface area (Å²) in [4.78, 5) is 0. The molecule has 0 amide bonds. The monoisotopic (exact) mass is 383 g/mol. The molecule has 8 heteroatoms. The Hall–Kier alpha value is -2.02. The molecule has 0 aromatic heterocycles. The third-order valence-corrected chi connectivity index (χ3v) is 3.85. The van der Waals surface area contributed by atoms with Crippen LogP contribution in [0.2, 0.25) is 10.0 Å². The van der Waals surface area contributed by atoms with Crippen LogP contribution in [0.4, 0.5) is 5.69 Å². The molecule has 0 aliphatic heterocycles. The molecule has 0 fully saturated rings. The first-order valence-electron chi connectivity index (χ1n) is 6.81. The van der Waals surface area contributed by atoms with Gasteiger partial charge in [0.2, 0.25) is 0 Å². The van der Waals surface area contributed by atoms with E-state index in [0.29, 0.717) is 32.2 Å². The predicted molar refractivity (Wildman–Crippen MR) is 103 cm³/mol. The van der Waals surface area contributed by atoms with Crippen LogP contribution in [0, 0.1) is 0 Å². The standard InChI is InChI=1S/C16H15Cl2N3O2S/c1-22-14-7-6-10(8-15(14)23-2)20-16(24)21-19-9-11-12(17)4-3-5-13(11)18/h3-9H,1-2H3,(H2,20,21,24). The number of methoxy groups -OCH3 is 2. The second kappa shape index (κ2) is 8.73. The minimum atomic E-state index is 0.307. The average molecular weight is 384 g/mol. The number of hydrazone groups is 1. The smallest absolute Gasteiger partial charge is 0.191 e. The molecule has 2 N–H and O–H groups in total. The van der Waals surface area contributed by atoms with Crippen LogP contribution in [-0.2, 0) is 0 Å². The predicted octanol–water partition coefficient (Wildman–Crippen LogP) is 4.33. The Balaban J connectivity index is 2.00. The van der Waals surface area contributed by atoms with Crippen molar-refractivity contribution in [1.82, 2.24) is 5.43 Å². The molecule has 0 radical (unpaired) electrons. The number of anilines is 1. The quantitative estimate of drug-likeness (QED) is 0.457. The fraction of sp³-hybridized carbons (Fsp3) is 0.125. The maximum Gasteiger partial charge on any atom is 0.191 e. The van der Waals surface area contributed by atoms with Gasteiger partial charge < -0.3 is 14.8 Å². The first-order valence-corrected chi connectivity index (χ1v) is 7.97. The van der Waals surface area contributed by atoms with Crippen LogP contribution in [0.3, 0.4) is 0 Å². The number of nitrogens with zero attached hydrogens (tertiary/aromatic N) is 1. The SMILES string of the molecule is COc1ccc(NC(=S)NN=Cc2c(Cl)cccc2Cl)cc1OC. The summed E-state index contributed by atoms with van der Waals surface area (Å²) in [5.74, 6) is 1.23. The molecular formula is C16H15Cl2N3O2S. The Bertz CT molecular complexity index is 749. The highest BCUT2D eigenvalue weighted by Crippen LogP contribution is 2.29. The van der Waals surface area contributed by atoms with E-state index in [1.807, 2.05) is 6.07 Å². The van der Waals surface area contributed by atoms with E-state index >= 15 is 0 Å². The van der Waals surface area contributed by atoms with E-state index in [2.05, 4.69) is 15.8 Å². The Labute approximate surface area is 155 Å². The summed E-state index contributed by atoms with van der Waals surface area (Å²) in [6.45, 7) is 0. The summed E-state index contributed by atoms with van der Waals surface area (Å²) in [7, 11) is 3.14. The summed E-state index contributed by atoms with van der Waals surface area (Å²) in [6, 6.07) is 10.6. The normalized spacial score (nSPS) is 10.5. The van der Waals surface area contributed by atoms with Crippen LogP contribution in [0.15, 0.2) is 41.5 Å². The molecule has 0 unspecified atom stereocenters. The zero-order chi connectivity index (χ0) is 17.5. The van der Waals surface area contributed by atoms with Crippen LogP contribution < -0.4 is 20.2 Å². The Morgan fingerprint density at radius 1 is 1.08 bits per heavy atom. The van der Waals surface area contributed by atoms with Gasteiger partial charge in [0.05, 0.1) is 30.5 Å². The topological polar surface area (TPSA) is 54.9 Å².